The molecule has 0 amide bonds. The van der Waals surface area contributed by atoms with E-state index >= 15 is 0 Å². The quantitative estimate of drug-likeness (QED) is 0.498. The lowest BCUT2D eigenvalue weighted by atomic mass is 9.86. The number of rotatable bonds is 10. The third-order valence-corrected chi connectivity index (χ3v) is 11.7. The van der Waals surface area contributed by atoms with Crippen molar-refractivity contribution >= 4 is 17.1 Å². The minimum atomic E-state index is -2.67. The minimum absolute atomic E-state index is 0.266. The van der Waals surface area contributed by atoms with E-state index in [1.807, 2.05) is 20.8 Å². The summed E-state index contributed by atoms with van der Waals surface area (Å²) in [5.41, 5.74) is 0.266. The zero-order valence-corrected chi connectivity index (χ0v) is 19.2. The van der Waals surface area contributed by atoms with Crippen molar-refractivity contribution in [2.24, 2.45) is 11.8 Å². The molecule has 0 saturated carbocycles. The first-order valence-corrected chi connectivity index (χ1v) is 14.7. The average molecular weight is 377 g/mol. The van der Waals surface area contributed by atoms with Crippen molar-refractivity contribution in [1.29, 1.82) is 0 Å². The van der Waals surface area contributed by atoms with Gasteiger partial charge in [0.15, 0.2) is 8.32 Å². The van der Waals surface area contributed by atoms with E-state index in [1.165, 1.54) is 18.9 Å². The Bertz CT molecular complexity index is 348. The fourth-order valence-electron chi connectivity index (χ4n) is 3.87. The molecule has 0 aromatic rings. The Morgan fingerprint density at radius 1 is 1.00 bits per heavy atom. The first-order valence-electron chi connectivity index (χ1n) is 9.82. The van der Waals surface area contributed by atoms with Crippen molar-refractivity contribution in [3.63, 3.8) is 0 Å². The highest BCUT2D eigenvalue weighted by Crippen LogP contribution is 2.41. The van der Waals surface area contributed by atoms with E-state index in [9.17, 15) is 0 Å². The summed E-state index contributed by atoms with van der Waals surface area (Å²) in [6.45, 7) is 19.6. The van der Waals surface area contributed by atoms with Crippen LogP contribution in [0.1, 0.15) is 54.4 Å². The zero-order valence-electron chi connectivity index (χ0n) is 17.2. The Morgan fingerprint density at radius 3 is 1.92 bits per heavy atom. The third kappa shape index (κ3) is 5.64. The van der Waals surface area contributed by atoms with Crippen LogP contribution in [0.5, 0.6) is 0 Å². The molecule has 0 aliphatic carbocycles. The predicted molar refractivity (Wildman–Crippen MR) is 105 cm³/mol. The highest BCUT2D eigenvalue weighted by atomic mass is 28.4. The summed E-state index contributed by atoms with van der Waals surface area (Å²) in [6, 6.07) is 1.29. The maximum Gasteiger partial charge on any atom is 0.504 e. The Labute approximate surface area is 152 Å². The number of hydrogen-bond acceptors (Lipinski definition) is 4. The van der Waals surface area contributed by atoms with Gasteiger partial charge >= 0.3 is 8.80 Å². The molecule has 4 nitrogen and oxygen atoms in total. The van der Waals surface area contributed by atoms with Crippen LogP contribution in [0.3, 0.4) is 0 Å². The molecule has 0 radical (unpaired) electrons. The standard InChI is InChI=1S/C18H40O4Si2/c1-9-19-24(20-10-2,21-11-3)17(6)15(4)16(5)18-13-12-14-23(7,8)22-18/h15-18H,9-14H2,1-8H3. The monoisotopic (exact) mass is 376 g/mol. The molecule has 1 aliphatic heterocycles. The maximum atomic E-state index is 6.53. The summed E-state index contributed by atoms with van der Waals surface area (Å²) < 4.78 is 24.9. The van der Waals surface area contributed by atoms with Crippen LogP contribution in [-0.4, -0.2) is 43.0 Å². The van der Waals surface area contributed by atoms with Crippen molar-refractivity contribution in [2.75, 3.05) is 19.8 Å². The molecule has 1 aliphatic rings. The first-order chi connectivity index (χ1) is 11.2. The van der Waals surface area contributed by atoms with Gasteiger partial charge < -0.3 is 17.7 Å². The molecule has 4 unspecified atom stereocenters. The molecule has 1 rings (SSSR count). The molecule has 0 N–H and O–H groups in total. The second kappa shape index (κ2) is 9.83. The third-order valence-electron chi connectivity index (χ3n) is 5.54. The summed E-state index contributed by atoms with van der Waals surface area (Å²) in [5, 5.41) is 0. The number of hydrogen-bond donors (Lipinski definition) is 0. The Balaban J connectivity index is 2.89. The molecule has 1 heterocycles. The lowest BCUT2D eigenvalue weighted by Gasteiger charge is -2.43. The summed E-state index contributed by atoms with van der Waals surface area (Å²) in [4.78, 5) is 0. The lowest BCUT2D eigenvalue weighted by molar-refractivity contribution is 0.0365. The topological polar surface area (TPSA) is 36.9 Å². The van der Waals surface area contributed by atoms with Gasteiger partial charge in [-0.05, 0) is 58.2 Å². The van der Waals surface area contributed by atoms with E-state index in [0.717, 1.165) is 0 Å². The molecule has 0 spiro atoms. The Kier molecular flexibility index (Phi) is 9.14. The SMILES string of the molecule is CCO[Si](OCC)(OCC)C(C)C(C)C(C)C1CCC[Si](C)(C)O1. The van der Waals surface area contributed by atoms with Gasteiger partial charge in [-0.3, -0.25) is 0 Å². The highest BCUT2D eigenvalue weighted by molar-refractivity contribution is 6.71. The van der Waals surface area contributed by atoms with E-state index in [0.29, 0.717) is 37.8 Å². The van der Waals surface area contributed by atoms with Gasteiger partial charge in [0.25, 0.3) is 0 Å². The van der Waals surface area contributed by atoms with Crippen LogP contribution in [0.25, 0.3) is 0 Å². The molecular formula is C18H40O4Si2. The molecule has 1 saturated heterocycles. The van der Waals surface area contributed by atoms with Crippen molar-refractivity contribution < 1.29 is 17.7 Å². The molecular weight excluding hydrogens is 336 g/mol. The van der Waals surface area contributed by atoms with Gasteiger partial charge in [0.2, 0.25) is 0 Å². The fraction of sp³-hybridized carbons (Fsp3) is 1.00. The predicted octanol–water partition coefficient (Wildman–Crippen LogP) is 5.08. The Hall–Kier alpha value is 0.274. The van der Waals surface area contributed by atoms with E-state index < -0.39 is 17.1 Å². The van der Waals surface area contributed by atoms with Crippen molar-refractivity contribution in [3.05, 3.63) is 0 Å². The van der Waals surface area contributed by atoms with Crippen LogP contribution < -0.4 is 0 Å². The van der Waals surface area contributed by atoms with Crippen LogP contribution in [0, 0.1) is 11.8 Å². The van der Waals surface area contributed by atoms with Crippen LogP contribution in [0.2, 0.25) is 24.7 Å². The van der Waals surface area contributed by atoms with Crippen molar-refractivity contribution in [1.82, 2.24) is 0 Å². The summed E-state index contributed by atoms with van der Waals surface area (Å²) in [7, 11) is -4.14. The first kappa shape index (κ1) is 22.3. The van der Waals surface area contributed by atoms with Gasteiger partial charge in [-0.25, -0.2) is 0 Å². The van der Waals surface area contributed by atoms with Crippen LogP contribution in [0.4, 0.5) is 0 Å². The second-order valence-corrected chi connectivity index (χ2v) is 15.0. The van der Waals surface area contributed by atoms with Gasteiger partial charge in [0, 0.05) is 31.5 Å². The van der Waals surface area contributed by atoms with Gasteiger partial charge in [-0.15, -0.1) is 0 Å². The van der Waals surface area contributed by atoms with Crippen molar-refractivity contribution in [2.45, 2.75) is 85.2 Å². The van der Waals surface area contributed by atoms with E-state index in [1.54, 1.807) is 0 Å². The van der Waals surface area contributed by atoms with Crippen LogP contribution >= 0.6 is 0 Å². The van der Waals surface area contributed by atoms with Gasteiger partial charge in [-0.2, -0.15) is 0 Å². The molecule has 4 atom stereocenters. The van der Waals surface area contributed by atoms with Gasteiger partial charge in [0.1, 0.15) is 0 Å². The average Bonchev–Trinajstić information content (AvgIpc) is 2.52. The molecule has 0 aromatic carbocycles. The van der Waals surface area contributed by atoms with Crippen LogP contribution in [-0.2, 0) is 17.7 Å². The van der Waals surface area contributed by atoms with E-state index in [-0.39, 0.29) is 5.54 Å². The zero-order chi connectivity index (χ0) is 18.4. The largest absolute Gasteiger partial charge is 0.504 e. The fourth-order valence-corrected chi connectivity index (χ4v) is 9.38. The normalized spacial score (nSPS) is 25.2. The van der Waals surface area contributed by atoms with E-state index in [2.05, 4.69) is 33.9 Å². The molecule has 24 heavy (non-hydrogen) atoms. The molecule has 144 valence electrons. The minimum Gasteiger partial charge on any atom is -0.414 e. The van der Waals surface area contributed by atoms with Gasteiger partial charge in [0.05, 0.1) is 0 Å². The van der Waals surface area contributed by atoms with Crippen LogP contribution in [0.15, 0.2) is 0 Å². The smallest absolute Gasteiger partial charge is 0.414 e. The van der Waals surface area contributed by atoms with Crippen molar-refractivity contribution in [3.8, 4) is 0 Å². The molecule has 0 bridgehead atoms. The lowest BCUT2D eigenvalue weighted by Crippen LogP contribution is -2.53. The molecule has 1 fully saturated rings. The maximum absolute atomic E-state index is 6.53. The highest BCUT2D eigenvalue weighted by Gasteiger charge is 2.51. The summed E-state index contributed by atoms with van der Waals surface area (Å²) in [5.74, 6) is 0.925. The summed E-state index contributed by atoms with van der Waals surface area (Å²) >= 11 is 0. The molecule has 0 aromatic heterocycles. The van der Waals surface area contributed by atoms with E-state index in [4.69, 9.17) is 17.7 Å². The Morgan fingerprint density at radius 2 is 1.50 bits per heavy atom. The van der Waals surface area contributed by atoms with Gasteiger partial charge in [-0.1, -0.05) is 27.2 Å². The summed E-state index contributed by atoms with van der Waals surface area (Å²) in [6.07, 6.45) is 2.86. The molecule has 6 heteroatoms. The second-order valence-electron chi connectivity index (χ2n) is 7.72.